The summed E-state index contributed by atoms with van der Waals surface area (Å²) in [6.07, 6.45) is 7.31. The van der Waals surface area contributed by atoms with Gasteiger partial charge in [-0.15, -0.1) is 0 Å². The minimum atomic E-state index is -0.507. The highest BCUT2D eigenvalue weighted by atomic mass is 16.3. The number of rotatable bonds is 6. The van der Waals surface area contributed by atoms with Crippen LogP contribution in [-0.4, -0.2) is 59.6 Å². The van der Waals surface area contributed by atoms with Gasteiger partial charge in [0.25, 0.3) is 0 Å². The van der Waals surface area contributed by atoms with E-state index in [9.17, 15) is 9.90 Å². The molecule has 0 radical (unpaired) electrons. The van der Waals surface area contributed by atoms with Crippen LogP contribution in [0.4, 0.5) is 0 Å². The molecule has 0 bridgehead atoms. The molecule has 0 aromatic rings. The van der Waals surface area contributed by atoms with Crippen molar-refractivity contribution in [3.63, 3.8) is 0 Å². The van der Waals surface area contributed by atoms with Gasteiger partial charge in [0.15, 0.2) is 0 Å². The molecule has 2 aliphatic rings. The summed E-state index contributed by atoms with van der Waals surface area (Å²) in [5.74, 6) is 0.287. The van der Waals surface area contributed by atoms with E-state index in [1.54, 1.807) is 0 Å². The molecule has 116 valence electrons. The molecule has 0 unspecified atom stereocenters. The average Bonchev–Trinajstić information content (AvgIpc) is 3.07. The van der Waals surface area contributed by atoms with Crippen molar-refractivity contribution in [1.29, 1.82) is 0 Å². The zero-order chi connectivity index (χ0) is 14.6. The average molecular weight is 282 g/mol. The fourth-order valence-electron chi connectivity index (χ4n) is 3.58. The van der Waals surface area contributed by atoms with Crippen molar-refractivity contribution >= 4 is 5.91 Å². The van der Waals surface area contributed by atoms with Crippen LogP contribution in [0.2, 0.25) is 0 Å². The predicted octanol–water partition coefficient (Wildman–Crippen LogP) is 1.87. The third kappa shape index (κ3) is 4.19. The van der Waals surface area contributed by atoms with Crippen LogP contribution >= 0.6 is 0 Å². The van der Waals surface area contributed by atoms with Crippen LogP contribution in [0.1, 0.15) is 51.9 Å². The maximum absolute atomic E-state index is 12.4. The first kappa shape index (κ1) is 15.8. The van der Waals surface area contributed by atoms with Crippen molar-refractivity contribution in [3.05, 3.63) is 0 Å². The molecular formula is C16H30N2O2. The lowest BCUT2D eigenvalue weighted by Gasteiger charge is -2.28. The molecule has 1 aliphatic carbocycles. The van der Waals surface area contributed by atoms with Gasteiger partial charge in [0, 0.05) is 26.1 Å². The molecule has 4 nitrogen and oxygen atoms in total. The molecule has 1 aliphatic heterocycles. The zero-order valence-electron chi connectivity index (χ0n) is 13.1. The summed E-state index contributed by atoms with van der Waals surface area (Å²) >= 11 is 0. The third-order valence-electron chi connectivity index (χ3n) is 4.98. The van der Waals surface area contributed by atoms with E-state index in [-0.39, 0.29) is 11.8 Å². The monoisotopic (exact) mass is 282 g/mol. The third-order valence-corrected chi connectivity index (χ3v) is 4.98. The second-order valence-corrected chi connectivity index (χ2v) is 6.85. The lowest BCUT2D eigenvalue weighted by Crippen LogP contribution is -2.40. The predicted molar refractivity (Wildman–Crippen MR) is 80.5 cm³/mol. The van der Waals surface area contributed by atoms with Crippen LogP contribution in [0.5, 0.6) is 0 Å². The number of amides is 1. The number of carbonyl (C=O) groups excluding carboxylic acids is 1. The number of likely N-dealkylation sites (tertiary alicyclic amines) is 1. The van der Waals surface area contributed by atoms with Gasteiger partial charge in [0.05, 0.1) is 5.60 Å². The topological polar surface area (TPSA) is 43.8 Å². The smallest absolute Gasteiger partial charge is 0.226 e. The van der Waals surface area contributed by atoms with Crippen LogP contribution in [0.3, 0.4) is 0 Å². The van der Waals surface area contributed by atoms with E-state index in [0.29, 0.717) is 6.54 Å². The van der Waals surface area contributed by atoms with E-state index >= 15 is 0 Å². The molecular weight excluding hydrogens is 252 g/mol. The summed E-state index contributed by atoms with van der Waals surface area (Å²) in [6.45, 7) is 5.87. The number of hydrogen-bond acceptors (Lipinski definition) is 3. The Kier molecular flexibility index (Phi) is 5.44. The Hall–Kier alpha value is -0.610. The van der Waals surface area contributed by atoms with Gasteiger partial charge in [0.1, 0.15) is 0 Å². The van der Waals surface area contributed by atoms with Crippen molar-refractivity contribution in [3.8, 4) is 0 Å². The Morgan fingerprint density at radius 2 is 1.85 bits per heavy atom. The molecule has 0 aromatic heterocycles. The molecule has 1 saturated heterocycles. The highest BCUT2D eigenvalue weighted by Gasteiger charge is 2.31. The minimum absolute atomic E-state index is 0.0660. The number of aliphatic hydroxyl groups is 1. The lowest BCUT2D eigenvalue weighted by atomic mass is 9.97. The summed E-state index contributed by atoms with van der Waals surface area (Å²) in [5, 5.41) is 10.3. The highest BCUT2D eigenvalue weighted by molar-refractivity contribution is 5.78. The fourth-order valence-corrected chi connectivity index (χ4v) is 3.58. The van der Waals surface area contributed by atoms with Gasteiger partial charge in [-0.2, -0.15) is 0 Å². The first-order valence-corrected chi connectivity index (χ1v) is 8.20. The van der Waals surface area contributed by atoms with Crippen molar-refractivity contribution in [2.75, 3.05) is 33.2 Å². The SMILES string of the molecule is C[C@@H](CN1CCCC1)C(=O)N(C)CCC1(O)CCCC1. The van der Waals surface area contributed by atoms with E-state index in [2.05, 4.69) is 4.90 Å². The molecule has 1 heterocycles. The summed E-state index contributed by atoms with van der Waals surface area (Å²) in [7, 11) is 1.88. The van der Waals surface area contributed by atoms with Crippen molar-refractivity contribution in [1.82, 2.24) is 9.80 Å². The Morgan fingerprint density at radius 3 is 2.45 bits per heavy atom. The quantitative estimate of drug-likeness (QED) is 0.809. The molecule has 0 spiro atoms. The van der Waals surface area contributed by atoms with Gasteiger partial charge in [-0.3, -0.25) is 4.79 Å². The summed E-state index contributed by atoms with van der Waals surface area (Å²) in [5.41, 5.74) is -0.507. The number of nitrogens with zero attached hydrogens (tertiary/aromatic N) is 2. The molecule has 1 saturated carbocycles. The molecule has 4 heteroatoms. The largest absolute Gasteiger partial charge is 0.390 e. The van der Waals surface area contributed by atoms with E-state index in [1.807, 2.05) is 18.9 Å². The van der Waals surface area contributed by atoms with Gasteiger partial charge in [-0.25, -0.2) is 0 Å². The van der Waals surface area contributed by atoms with E-state index in [1.165, 1.54) is 12.8 Å². The van der Waals surface area contributed by atoms with E-state index in [4.69, 9.17) is 0 Å². The Morgan fingerprint density at radius 1 is 1.25 bits per heavy atom. The van der Waals surface area contributed by atoms with E-state index < -0.39 is 5.60 Å². The number of hydrogen-bond donors (Lipinski definition) is 1. The fraction of sp³-hybridized carbons (Fsp3) is 0.938. The maximum atomic E-state index is 12.4. The highest BCUT2D eigenvalue weighted by Crippen LogP contribution is 2.32. The standard InChI is InChI=1S/C16H30N2O2/c1-14(13-18-10-5-6-11-18)15(19)17(2)12-9-16(20)7-3-4-8-16/h14,20H,3-13H2,1-2H3/t14-/m0/s1. The first-order valence-electron chi connectivity index (χ1n) is 8.20. The summed E-state index contributed by atoms with van der Waals surface area (Å²) in [6, 6.07) is 0. The van der Waals surface area contributed by atoms with E-state index in [0.717, 1.165) is 51.7 Å². The summed E-state index contributed by atoms with van der Waals surface area (Å²) < 4.78 is 0. The van der Waals surface area contributed by atoms with Crippen molar-refractivity contribution in [2.45, 2.75) is 57.5 Å². The van der Waals surface area contributed by atoms with Crippen LogP contribution in [-0.2, 0) is 4.79 Å². The van der Waals surface area contributed by atoms with Gasteiger partial charge >= 0.3 is 0 Å². The molecule has 20 heavy (non-hydrogen) atoms. The van der Waals surface area contributed by atoms with Crippen molar-refractivity contribution < 1.29 is 9.90 Å². The number of carbonyl (C=O) groups is 1. The van der Waals surface area contributed by atoms with Gasteiger partial charge in [-0.05, 0) is 45.2 Å². The molecule has 2 rings (SSSR count). The van der Waals surface area contributed by atoms with Crippen molar-refractivity contribution in [2.24, 2.45) is 5.92 Å². The first-order chi connectivity index (χ1) is 9.50. The molecule has 1 atom stereocenters. The van der Waals surface area contributed by atoms with Gasteiger partial charge in [-0.1, -0.05) is 19.8 Å². The maximum Gasteiger partial charge on any atom is 0.226 e. The molecule has 0 aromatic carbocycles. The normalized spacial score (nSPS) is 23.9. The molecule has 1 N–H and O–H groups in total. The second-order valence-electron chi connectivity index (χ2n) is 6.85. The molecule has 2 fully saturated rings. The Balaban J connectivity index is 1.72. The molecule has 1 amide bonds. The van der Waals surface area contributed by atoms with Gasteiger partial charge < -0.3 is 14.9 Å². The van der Waals surface area contributed by atoms with Crippen LogP contribution in [0, 0.1) is 5.92 Å². The second kappa shape index (κ2) is 6.90. The Labute approximate surface area is 123 Å². The minimum Gasteiger partial charge on any atom is -0.390 e. The zero-order valence-corrected chi connectivity index (χ0v) is 13.1. The van der Waals surface area contributed by atoms with Crippen LogP contribution < -0.4 is 0 Å². The van der Waals surface area contributed by atoms with Crippen LogP contribution in [0.25, 0.3) is 0 Å². The van der Waals surface area contributed by atoms with Crippen LogP contribution in [0.15, 0.2) is 0 Å². The summed E-state index contributed by atoms with van der Waals surface area (Å²) in [4.78, 5) is 16.6. The lowest BCUT2D eigenvalue weighted by molar-refractivity contribution is -0.134. The van der Waals surface area contributed by atoms with Gasteiger partial charge in [0.2, 0.25) is 5.91 Å². The Bertz CT molecular complexity index is 320.